The number of para-hydroxylation sites is 1. The van der Waals surface area contributed by atoms with E-state index >= 15 is 0 Å². The van der Waals surface area contributed by atoms with E-state index in [-0.39, 0.29) is 11.5 Å². The summed E-state index contributed by atoms with van der Waals surface area (Å²) in [4.78, 5) is 30.2. The van der Waals surface area contributed by atoms with Crippen molar-refractivity contribution >= 4 is 28.8 Å². The van der Waals surface area contributed by atoms with Crippen molar-refractivity contribution in [3.8, 4) is 0 Å². The van der Waals surface area contributed by atoms with Crippen LogP contribution in [0.4, 0.5) is 15.8 Å². The molecule has 0 fully saturated rings. The highest BCUT2D eigenvalue weighted by molar-refractivity contribution is 6.46. The number of nitrogens with zero attached hydrogens (tertiary/aromatic N) is 2. The number of amides is 2. The summed E-state index contributed by atoms with van der Waals surface area (Å²) >= 11 is 0. The zero-order valence-electron chi connectivity index (χ0n) is 17.5. The second-order valence-corrected chi connectivity index (χ2v) is 7.28. The first-order chi connectivity index (χ1) is 15.0. The van der Waals surface area contributed by atoms with Crippen molar-refractivity contribution in [2.45, 2.75) is 20.3 Å². The maximum Gasteiger partial charge on any atom is 0.282 e. The first kappa shape index (κ1) is 20.5. The summed E-state index contributed by atoms with van der Waals surface area (Å²) in [5.74, 6) is -1.20. The van der Waals surface area contributed by atoms with Crippen LogP contribution in [-0.4, -0.2) is 18.4 Å². The lowest BCUT2D eigenvalue weighted by Gasteiger charge is -2.25. The summed E-state index contributed by atoms with van der Waals surface area (Å²) in [5.41, 5.74) is 3.53. The van der Waals surface area contributed by atoms with E-state index in [0.29, 0.717) is 23.5 Å². The number of benzene rings is 3. The van der Waals surface area contributed by atoms with Crippen LogP contribution in [0.1, 0.15) is 25.0 Å². The van der Waals surface area contributed by atoms with Gasteiger partial charge in [0.2, 0.25) is 0 Å². The molecular formula is C26H23FN2O2. The van der Waals surface area contributed by atoms with Crippen LogP contribution in [0.25, 0.3) is 5.57 Å². The van der Waals surface area contributed by atoms with Gasteiger partial charge in [0.25, 0.3) is 11.8 Å². The number of hydrogen-bond acceptors (Lipinski definition) is 3. The Morgan fingerprint density at radius 3 is 2.03 bits per heavy atom. The zero-order chi connectivity index (χ0) is 22.0. The molecule has 0 saturated heterocycles. The number of anilines is 2. The highest BCUT2D eigenvalue weighted by Gasteiger charge is 2.42. The van der Waals surface area contributed by atoms with Crippen LogP contribution < -0.4 is 9.80 Å². The summed E-state index contributed by atoms with van der Waals surface area (Å²) in [7, 11) is 0. The van der Waals surface area contributed by atoms with E-state index in [1.54, 1.807) is 24.3 Å². The molecule has 0 unspecified atom stereocenters. The van der Waals surface area contributed by atoms with Gasteiger partial charge in [0, 0.05) is 12.2 Å². The van der Waals surface area contributed by atoms with E-state index < -0.39 is 11.7 Å². The molecule has 156 valence electrons. The SMILES string of the molecule is CCc1ccc(N2C(=O)C(c3ccc(F)cc3)=C(N(CC)c3ccccc3)C2=O)cc1. The van der Waals surface area contributed by atoms with Gasteiger partial charge in [-0.1, -0.05) is 49.4 Å². The number of likely N-dealkylation sites (N-methyl/N-ethyl adjacent to an activating group) is 1. The third-order valence-corrected chi connectivity index (χ3v) is 5.45. The summed E-state index contributed by atoms with van der Waals surface area (Å²) in [5, 5.41) is 0. The van der Waals surface area contributed by atoms with Crippen LogP contribution in [-0.2, 0) is 16.0 Å². The quantitative estimate of drug-likeness (QED) is 0.521. The van der Waals surface area contributed by atoms with Crippen molar-refractivity contribution in [1.82, 2.24) is 0 Å². The first-order valence-corrected chi connectivity index (χ1v) is 10.4. The van der Waals surface area contributed by atoms with Crippen LogP contribution in [0, 0.1) is 5.82 Å². The number of aryl methyl sites for hydroxylation is 1. The lowest BCUT2D eigenvalue weighted by atomic mass is 10.0. The Kier molecular flexibility index (Phi) is 5.67. The third-order valence-electron chi connectivity index (χ3n) is 5.45. The number of halogens is 1. The standard InChI is InChI=1S/C26H23FN2O2/c1-3-18-10-16-22(17-11-18)29-25(30)23(19-12-14-20(27)15-13-19)24(26(29)31)28(4-2)21-8-6-5-7-9-21/h5-17H,3-4H2,1-2H3. The molecule has 3 aromatic rings. The highest BCUT2D eigenvalue weighted by atomic mass is 19.1. The number of carbonyl (C=O) groups excluding carboxylic acids is 2. The largest absolute Gasteiger partial charge is 0.337 e. The topological polar surface area (TPSA) is 40.6 Å². The van der Waals surface area contributed by atoms with Gasteiger partial charge in [-0.25, -0.2) is 9.29 Å². The number of imide groups is 1. The Bertz CT molecular complexity index is 1140. The average Bonchev–Trinajstić information content (AvgIpc) is 3.06. The minimum atomic E-state index is -0.412. The second kappa shape index (κ2) is 8.56. The lowest BCUT2D eigenvalue weighted by Crippen LogP contribution is -2.35. The highest BCUT2D eigenvalue weighted by Crippen LogP contribution is 2.36. The fourth-order valence-electron chi connectivity index (χ4n) is 3.84. The van der Waals surface area contributed by atoms with E-state index in [1.165, 1.54) is 17.0 Å². The van der Waals surface area contributed by atoms with Crippen molar-refractivity contribution < 1.29 is 14.0 Å². The number of rotatable bonds is 6. The molecule has 2 amide bonds. The van der Waals surface area contributed by atoms with Crippen LogP contribution in [0.2, 0.25) is 0 Å². The van der Waals surface area contributed by atoms with Crippen LogP contribution in [0.3, 0.4) is 0 Å². The molecule has 0 atom stereocenters. The lowest BCUT2D eigenvalue weighted by molar-refractivity contribution is -0.120. The van der Waals surface area contributed by atoms with Gasteiger partial charge in [0.1, 0.15) is 11.5 Å². The molecule has 0 spiro atoms. The van der Waals surface area contributed by atoms with Gasteiger partial charge in [-0.2, -0.15) is 0 Å². The predicted molar refractivity (Wildman–Crippen MR) is 121 cm³/mol. The minimum absolute atomic E-state index is 0.273. The molecular weight excluding hydrogens is 391 g/mol. The van der Waals surface area contributed by atoms with Gasteiger partial charge in [0.15, 0.2) is 0 Å². The summed E-state index contributed by atoms with van der Waals surface area (Å²) in [6.45, 7) is 4.47. The third kappa shape index (κ3) is 3.75. The van der Waals surface area contributed by atoms with E-state index in [1.807, 2.05) is 61.2 Å². The van der Waals surface area contributed by atoms with Crippen molar-refractivity contribution in [3.63, 3.8) is 0 Å². The monoisotopic (exact) mass is 414 g/mol. The van der Waals surface area contributed by atoms with Gasteiger partial charge in [0.05, 0.1) is 11.3 Å². The molecule has 0 saturated carbocycles. The second-order valence-electron chi connectivity index (χ2n) is 7.28. The molecule has 3 aromatic carbocycles. The Hall–Kier alpha value is -3.73. The van der Waals surface area contributed by atoms with Crippen molar-refractivity contribution in [3.05, 3.63) is 102 Å². The van der Waals surface area contributed by atoms with Crippen LogP contribution >= 0.6 is 0 Å². The van der Waals surface area contributed by atoms with Gasteiger partial charge in [-0.15, -0.1) is 0 Å². The van der Waals surface area contributed by atoms with Crippen molar-refractivity contribution in [2.75, 3.05) is 16.3 Å². The molecule has 1 aliphatic heterocycles. The predicted octanol–water partition coefficient (Wildman–Crippen LogP) is 5.20. The van der Waals surface area contributed by atoms with E-state index in [2.05, 4.69) is 0 Å². The van der Waals surface area contributed by atoms with Gasteiger partial charge in [-0.05, 0) is 60.9 Å². The molecule has 4 rings (SSSR count). The summed E-state index contributed by atoms with van der Waals surface area (Å²) in [6.07, 6.45) is 0.865. The molecule has 1 heterocycles. The smallest absolute Gasteiger partial charge is 0.282 e. The Morgan fingerprint density at radius 2 is 1.45 bits per heavy atom. The van der Waals surface area contributed by atoms with Crippen molar-refractivity contribution in [1.29, 1.82) is 0 Å². The maximum absolute atomic E-state index is 13.6. The van der Waals surface area contributed by atoms with Crippen LogP contribution in [0.5, 0.6) is 0 Å². The molecule has 0 aromatic heterocycles. The summed E-state index contributed by atoms with van der Waals surface area (Å²) in [6, 6.07) is 22.6. The fraction of sp³-hybridized carbons (Fsp3) is 0.154. The van der Waals surface area contributed by atoms with E-state index in [9.17, 15) is 14.0 Å². The first-order valence-electron chi connectivity index (χ1n) is 10.4. The molecule has 5 heteroatoms. The van der Waals surface area contributed by atoms with E-state index in [4.69, 9.17) is 0 Å². The van der Waals surface area contributed by atoms with E-state index in [0.717, 1.165) is 17.7 Å². The Balaban J connectivity index is 1.87. The molecule has 0 radical (unpaired) electrons. The minimum Gasteiger partial charge on any atom is -0.337 e. The zero-order valence-corrected chi connectivity index (χ0v) is 17.5. The molecule has 31 heavy (non-hydrogen) atoms. The molecule has 1 aliphatic rings. The normalized spacial score (nSPS) is 13.8. The molecule has 4 nitrogen and oxygen atoms in total. The van der Waals surface area contributed by atoms with Crippen LogP contribution in [0.15, 0.2) is 84.6 Å². The van der Waals surface area contributed by atoms with Gasteiger partial charge < -0.3 is 4.90 Å². The number of hydrogen-bond donors (Lipinski definition) is 0. The van der Waals surface area contributed by atoms with Crippen molar-refractivity contribution in [2.24, 2.45) is 0 Å². The maximum atomic E-state index is 13.6. The Labute approximate surface area is 181 Å². The Morgan fingerprint density at radius 1 is 0.806 bits per heavy atom. The molecule has 0 bridgehead atoms. The molecule has 0 N–H and O–H groups in total. The molecule has 0 aliphatic carbocycles. The van der Waals surface area contributed by atoms with Gasteiger partial charge >= 0.3 is 0 Å². The van der Waals surface area contributed by atoms with Gasteiger partial charge in [-0.3, -0.25) is 9.59 Å². The average molecular weight is 414 g/mol. The summed E-state index contributed by atoms with van der Waals surface area (Å²) < 4.78 is 13.6. The fourth-order valence-corrected chi connectivity index (χ4v) is 3.84. The number of carbonyl (C=O) groups is 2.